The summed E-state index contributed by atoms with van der Waals surface area (Å²) in [6.07, 6.45) is 1.95. The molecule has 0 spiro atoms. The molecule has 0 aliphatic carbocycles. The minimum absolute atomic E-state index is 0.0471. The fraction of sp³-hybridized carbons (Fsp3) is 0.286. The normalized spacial score (nSPS) is 17.1. The maximum atomic E-state index is 12.9. The zero-order valence-corrected chi connectivity index (χ0v) is 16.1. The van der Waals surface area contributed by atoms with Crippen molar-refractivity contribution in [3.05, 3.63) is 64.9 Å². The summed E-state index contributed by atoms with van der Waals surface area (Å²) in [5, 5.41) is 2.06. The molecule has 3 aromatic rings. The van der Waals surface area contributed by atoms with Gasteiger partial charge in [0, 0.05) is 36.0 Å². The molecule has 3 heterocycles. The van der Waals surface area contributed by atoms with E-state index in [0.717, 1.165) is 41.5 Å². The molecule has 1 amide bonds. The van der Waals surface area contributed by atoms with Gasteiger partial charge in [0.15, 0.2) is 0 Å². The van der Waals surface area contributed by atoms with Gasteiger partial charge < -0.3 is 10.6 Å². The van der Waals surface area contributed by atoms with Crippen LogP contribution in [0.1, 0.15) is 40.6 Å². The average molecular weight is 379 g/mol. The second kappa shape index (κ2) is 7.48. The first-order valence-corrected chi connectivity index (χ1v) is 10.0. The number of likely N-dealkylation sites (tertiary alicyclic amines) is 1. The minimum Gasteiger partial charge on any atom is -0.399 e. The number of nitrogens with zero attached hydrogens (tertiary/aromatic N) is 3. The number of anilines is 1. The Morgan fingerprint density at radius 3 is 2.78 bits per heavy atom. The first kappa shape index (κ1) is 17.7. The monoisotopic (exact) mass is 378 g/mol. The Labute approximate surface area is 162 Å². The molecule has 1 saturated heterocycles. The van der Waals surface area contributed by atoms with Crippen LogP contribution in [0.4, 0.5) is 5.69 Å². The third kappa shape index (κ3) is 3.85. The number of rotatable bonds is 3. The lowest BCUT2D eigenvalue weighted by Crippen LogP contribution is -2.39. The summed E-state index contributed by atoms with van der Waals surface area (Å²) in [6.45, 7) is 3.42. The standard InChI is InChI=1S/C21H22N4OS/c1-14-12-18(19-5-3-11-27-19)24-20(23-14)16-4-2-10-25(13-16)21(26)15-6-8-17(22)9-7-15/h3,5-9,11-12,16H,2,4,10,13,22H2,1H3. The van der Waals surface area contributed by atoms with Crippen LogP contribution in [0.5, 0.6) is 0 Å². The number of amides is 1. The molecule has 4 rings (SSSR count). The maximum absolute atomic E-state index is 12.9. The van der Waals surface area contributed by atoms with Crippen LogP contribution in [-0.4, -0.2) is 33.9 Å². The van der Waals surface area contributed by atoms with Gasteiger partial charge in [0.2, 0.25) is 0 Å². The number of thiophene rings is 1. The Kier molecular flexibility index (Phi) is 4.90. The van der Waals surface area contributed by atoms with Crippen molar-refractivity contribution in [2.24, 2.45) is 0 Å². The largest absolute Gasteiger partial charge is 0.399 e. The fourth-order valence-electron chi connectivity index (χ4n) is 3.51. The van der Waals surface area contributed by atoms with Crippen molar-refractivity contribution >= 4 is 22.9 Å². The predicted molar refractivity (Wildman–Crippen MR) is 109 cm³/mol. The zero-order valence-electron chi connectivity index (χ0n) is 15.3. The van der Waals surface area contributed by atoms with Gasteiger partial charge in [-0.25, -0.2) is 9.97 Å². The summed E-state index contributed by atoms with van der Waals surface area (Å²) >= 11 is 1.68. The van der Waals surface area contributed by atoms with Crippen LogP contribution in [0.25, 0.3) is 10.6 Å². The Hall–Kier alpha value is -2.73. The van der Waals surface area contributed by atoms with Gasteiger partial charge in [0.25, 0.3) is 5.91 Å². The minimum atomic E-state index is 0.0471. The molecule has 5 nitrogen and oxygen atoms in total. The second-order valence-electron chi connectivity index (χ2n) is 6.94. The van der Waals surface area contributed by atoms with Crippen molar-refractivity contribution in [3.8, 4) is 10.6 Å². The second-order valence-corrected chi connectivity index (χ2v) is 7.89. The third-order valence-electron chi connectivity index (χ3n) is 4.88. The molecular formula is C21H22N4OS. The number of aryl methyl sites for hydroxylation is 1. The van der Waals surface area contributed by atoms with Crippen molar-refractivity contribution in [2.45, 2.75) is 25.7 Å². The topological polar surface area (TPSA) is 72.1 Å². The molecule has 2 aromatic heterocycles. The van der Waals surface area contributed by atoms with Crippen molar-refractivity contribution < 1.29 is 4.79 Å². The van der Waals surface area contributed by atoms with Gasteiger partial charge >= 0.3 is 0 Å². The number of benzene rings is 1. The number of carbonyl (C=O) groups excluding carboxylic acids is 1. The van der Waals surface area contributed by atoms with Crippen LogP contribution in [0.2, 0.25) is 0 Å². The number of piperidine rings is 1. The lowest BCUT2D eigenvalue weighted by molar-refractivity contribution is 0.0704. The quantitative estimate of drug-likeness (QED) is 0.696. The number of nitrogen functional groups attached to an aromatic ring is 1. The van der Waals surface area contributed by atoms with Crippen molar-refractivity contribution in [1.82, 2.24) is 14.9 Å². The summed E-state index contributed by atoms with van der Waals surface area (Å²) in [7, 11) is 0. The summed E-state index contributed by atoms with van der Waals surface area (Å²) in [5.74, 6) is 1.05. The number of carbonyl (C=O) groups is 1. The van der Waals surface area contributed by atoms with Crippen LogP contribution in [0, 0.1) is 6.92 Å². The number of nitrogens with two attached hydrogens (primary N) is 1. The van der Waals surface area contributed by atoms with E-state index in [0.29, 0.717) is 17.8 Å². The van der Waals surface area contributed by atoms with Crippen molar-refractivity contribution in [3.63, 3.8) is 0 Å². The van der Waals surface area contributed by atoms with Gasteiger partial charge in [0.1, 0.15) is 5.82 Å². The molecule has 138 valence electrons. The van der Waals surface area contributed by atoms with E-state index in [1.54, 1.807) is 35.6 Å². The Morgan fingerprint density at radius 2 is 2.04 bits per heavy atom. The van der Waals surface area contributed by atoms with Crippen LogP contribution in [0.15, 0.2) is 47.8 Å². The van der Waals surface area contributed by atoms with Gasteiger partial charge in [0.05, 0.1) is 10.6 Å². The first-order chi connectivity index (χ1) is 13.1. The van der Waals surface area contributed by atoms with E-state index in [1.807, 2.05) is 24.0 Å². The van der Waals surface area contributed by atoms with Gasteiger partial charge in [-0.1, -0.05) is 6.07 Å². The van der Waals surface area contributed by atoms with E-state index >= 15 is 0 Å². The highest BCUT2D eigenvalue weighted by molar-refractivity contribution is 7.13. The molecule has 2 N–H and O–H groups in total. The molecule has 0 bridgehead atoms. The van der Waals surface area contributed by atoms with Crippen LogP contribution < -0.4 is 5.73 Å². The van der Waals surface area contributed by atoms with Gasteiger partial charge in [-0.15, -0.1) is 11.3 Å². The number of hydrogen-bond donors (Lipinski definition) is 1. The molecule has 1 aromatic carbocycles. The predicted octanol–water partition coefficient (Wildman–Crippen LogP) is 4.12. The van der Waals surface area contributed by atoms with E-state index < -0.39 is 0 Å². The molecule has 1 unspecified atom stereocenters. The highest BCUT2D eigenvalue weighted by atomic mass is 32.1. The summed E-state index contributed by atoms with van der Waals surface area (Å²) < 4.78 is 0. The zero-order chi connectivity index (χ0) is 18.8. The Bertz CT molecular complexity index is 937. The Balaban J connectivity index is 1.56. The van der Waals surface area contributed by atoms with E-state index in [-0.39, 0.29) is 11.8 Å². The van der Waals surface area contributed by atoms with Crippen LogP contribution in [0.3, 0.4) is 0 Å². The van der Waals surface area contributed by atoms with Crippen LogP contribution in [-0.2, 0) is 0 Å². The van der Waals surface area contributed by atoms with Gasteiger partial charge in [-0.05, 0) is 61.5 Å². The van der Waals surface area contributed by atoms with Gasteiger partial charge in [-0.3, -0.25) is 4.79 Å². The van der Waals surface area contributed by atoms with E-state index in [9.17, 15) is 4.79 Å². The van der Waals surface area contributed by atoms with E-state index in [2.05, 4.69) is 16.4 Å². The summed E-state index contributed by atoms with van der Waals surface area (Å²) in [4.78, 5) is 25.4. The van der Waals surface area contributed by atoms with E-state index in [1.165, 1.54) is 0 Å². The van der Waals surface area contributed by atoms with E-state index in [4.69, 9.17) is 10.7 Å². The molecular weight excluding hydrogens is 356 g/mol. The Morgan fingerprint density at radius 1 is 1.22 bits per heavy atom. The highest BCUT2D eigenvalue weighted by Gasteiger charge is 2.27. The van der Waals surface area contributed by atoms with Crippen molar-refractivity contribution in [2.75, 3.05) is 18.8 Å². The van der Waals surface area contributed by atoms with Crippen LogP contribution >= 0.6 is 11.3 Å². The third-order valence-corrected chi connectivity index (χ3v) is 5.77. The molecule has 6 heteroatoms. The maximum Gasteiger partial charge on any atom is 0.253 e. The summed E-state index contributed by atoms with van der Waals surface area (Å²) in [6, 6.07) is 13.3. The molecule has 1 aliphatic rings. The molecule has 1 fully saturated rings. The smallest absolute Gasteiger partial charge is 0.253 e. The average Bonchev–Trinajstić information content (AvgIpc) is 3.23. The fourth-order valence-corrected chi connectivity index (χ4v) is 4.19. The molecule has 0 saturated carbocycles. The molecule has 27 heavy (non-hydrogen) atoms. The number of aromatic nitrogens is 2. The lowest BCUT2D eigenvalue weighted by atomic mass is 9.96. The SMILES string of the molecule is Cc1cc(-c2cccs2)nc(C2CCCN(C(=O)c3ccc(N)cc3)C2)n1. The molecule has 0 radical (unpaired) electrons. The number of hydrogen-bond acceptors (Lipinski definition) is 5. The molecule has 1 aliphatic heterocycles. The lowest BCUT2D eigenvalue weighted by Gasteiger charge is -2.32. The van der Waals surface area contributed by atoms with Gasteiger partial charge in [-0.2, -0.15) is 0 Å². The first-order valence-electron chi connectivity index (χ1n) is 9.14. The molecule has 1 atom stereocenters. The van der Waals surface area contributed by atoms with Crippen molar-refractivity contribution in [1.29, 1.82) is 0 Å². The highest BCUT2D eigenvalue weighted by Crippen LogP contribution is 2.29. The summed E-state index contributed by atoms with van der Waals surface area (Å²) in [5.41, 5.74) is 9.00.